The number of anilines is 1. The van der Waals surface area contributed by atoms with Gasteiger partial charge in [-0.15, -0.1) is 0 Å². The smallest absolute Gasteiger partial charge is 0.254 e. The predicted octanol–water partition coefficient (Wildman–Crippen LogP) is 2.71. The molecule has 1 aliphatic heterocycles. The van der Waals surface area contributed by atoms with Crippen molar-refractivity contribution < 1.29 is 23.2 Å². The van der Waals surface area contributed by atoms with Gasteiger partial charge in [0.2, 0.25) is 17.7 Å². The van der Waals surface area contributed by atoms with Gasteiger partial charge in [-0.2, -0.15) is 5.10 Å². The topological polar surface area (TPSA) is 110 Å². The molecule has 1 aromatic heterocycles. The van der Waals surface area contributed by atoms with E-state index in [4.69, 9.17) is 5.73 Å². The van der Waals surface area contributed by atoms with Gasteiger partial charge in [0.25, 0.3) is 5.91 Å². The quantitative estimate of drug-likeness (QED) is 0.738. The molecule has 3 fully saturated rings. The zero-order valence-corrected chi connectivity index (χ0v) is 17.5. The lowest BCUT2D eigenvalue weighted by Gasteiger charge is -2.39. The average molecular weight is 437 g/mol. The van der Waals surface area contributed by atoms with Crippen molar-refractivity contribution in [3.63, 3.8) is 0 Å². The molecule has 31 heavy (non-hydrogen) atoms. The number of piperidine rings is 1. The van der Waals surface area contributed by atoms with E-state index in [-0.39, 0.29) is 60.8 Å². The molecular weight excluding hydrogens is 408 g/mol. The first-order valence-electron chi connectivity index (χ1n) is 11.1. The molecule has 1 aromatic rings. The van der Waals surface area contributed by atoms with Crippen LogP contribution in [0.4, 0.5) is 14.6 Å². The molecule has 0 spiro atoms. The standard InChI is InChI=1S/C21H29F2N5O3/c22-21(23)8-6-13(7-9-21)28-18(16(12-25-28)17(24)29)26-19(30)14-4-5-15(14)20(31)27-10-2-1-3-11-27/h12-15H,1-11H2,(H2,24,29)(H,26,30)/t14?,15-/m1/s1. The number of nitrogens with zero attached hydrogens (tertiary/aromatic N) is 3. The van der Waals surface area contributed by atoms with Crippen LogP contribution in [0.2, 0.25) is 0 Å². The van der Waals surface area contributed by atoms with E-state index < -0.39 is 17.7 Å². The molecule has 2 heterocycles. The number of hydrogen-bond donors (Lipinski definition) is 2. The van der Waals surface area contributed by atoms with E-state index >= 15 is 0 Å². The van der Waals surface area contributed by atoms with Crippen molar-refractivity contribution in [3.8, 4) is 0 Å². The molecule has 0 bridgehead atoms. The van der Waals surface area contributed by atoms with Crippen LogP contribution in [0, 0.1) is 11.8 Å². The summed E-state index contributed by atoms with van der Waals surface area (Å²) in [5.41, 5.74) is 5.49. The van der Waals surface area contributed by atoms with Gasteiger partial charge in [-0.1, -0.05) is 0 Å². The Hall–Kier alpha value is -2.52. The first-order valence-corrected chi connectivity index (χ1v) is 11.1. The van der Waals surface area contributed by atoms with Crippen molar-refractivity contribution >= 4 is 23.5 Å². The molecule has 4 rings (SSSR count). The third kappa shape index (κ3) is 4.43. The highest BCUT2D eigenvalue weighted by molar-refractivity contribution is 6.03. The Balaban J connectivity index is 1.48. The van der Waals surface area contributed by atoms with Crippen LogP contribution in [0.15, 0.2) is 6.20 Å². The third-order valence-electron chi connectivity index (χ3n) is 6.93. The molecule has 3 aliphatic rings. The molecule has 0 radical (unpaired) electrons. The molecule has 2 atom stereocenters. The number of alkyl halides is 2. The predicted molar refractivity (Wildman–Crippen MR) is 108 cm³/mol. The second-order valence-electron chi connectivity index (χ2n) is 8.97. The summed E-state index contributed by atoms with van der Waals surface area (Å²) in [5.74, 6) is -4.49. The molecule has 2 saturated carbocycles. The van der Waals surface area contributed by atoms with Crippen LogP contribution in [0.3, 0.4) is 0 Å². The lowest BCUT2D eigenvalue weighted by atomic mass is 9.72. The number of nitrogens with two attached hydrogens (primary N) is 1. The maximum Gasteiger partial charge on any atom is 0.254 e. The molecule has 1 saturated heterocycles. The van der Waals surface area contributed by atoms with Crippen LogP contribution in [-0.2, 0) is 9.59 Å². The van der Waals surface area contributed by atoms with E-state index in [0.29, 0.717) is 12.8 Å². The largest absolute Gasteiger partial charge is 0.365 e. The number of nitrogens with one attached hydrogen (secondary N) is 1. The fourth-order valence-electron chi connectivity index (χ4n) is 4.88. The van der Waals surface area contributed by atoms with E-state index in [2.05, 4.69) is 10.4 Å². The zero-order chi connectivity index (χ0) is 22.2. The number of carbonyl (C=O) groups is 3. The van der Waals surface area contributed by atoms with Gasteiger partial charge < -0.3 is 16.0 Å². The van der Waals surface area contributed by atoms with Crippen LogP contribution in [-0.4, -0.2) is 51.4 Å². The van der Waals surface area contributed by atoms with Gasteiger partial charge in [-0.05, 0) is 44.9 Å². The maximum absolute atomic E-state index is 13.6. The fraction of sp³-hybridized carbons (Fsp3) is 0.714. The summed E-state index contributed by atoms with van der Waals surface area (Å²) < 4.78 is 28.6. The first-order chi connectivity index (χ1) is 14.8. The van der Waals surface area contributed by atoms with Crippen molar-refractivity contribution in [2.24, 2.45) is 17.6 Å². The molecule has 3 amide bonds. The van der Waals surface area contributed by atoms with Crippen molar-refractivity contribution in [2.45, 2.75) is 69.8 Å². The van der Waals surface area contributed by atoms with Crippen LogP contribution < -0.4 is 11.1 Å². The average Bonchev–Trinajstić information content (AvgIpc) is 3.11. The van der Waals surface area contributed by atoms with E-state index in [1.54, 1.807) is 0 Å². The number of aromatic nitrogens is 2. The Morgan fingerprint density at radius 1 is 1.03 bits per heavy atom. The molecule has 170 valence electrons. The van der Waals surface area contributed by atoms with Crippen molar-refractivity contribution in [1.82, 2.24) is 14.7 Å². The molecule has 1 unspecified atom stereocenters. The summed E-state index contributed by atoms with van der Waals surface area (Å²) in [6, 6.07) is -0.352. The minimum Gasteiger partial charge on any atom is -0.365 e. The number of rotatable bonds is 5. The van der Waals surface area contributed by atoms with Crippen LogP contribution in [0.5, 0.6) is 0 Å². The summed E-state index contributed by atoms with van der Waals surface area (Å²) in [4.78, 5) is 39.6. The van der Waals surface area contributed by atoms with Gasteiger partial charge in [0.1, 0.15) is 11.4 Å². The van der Waals surface area contributed by atoms with Crippen molar-refractivity contribution in [1.29, 1.82) is 0 Å². The summed E-state index contributed by atoms with van der Waals surface area (Å²) >= 11 is 0. The van der Waals surface area contributed by atoms with Crippen LogP contribution >= 0.6 is 0 Å². The Labute approximate surface area is 179 Å². The van der Waals surface area contributed by atoms with Crippen LogP contribution in [0.1, 0.15) is 74.2 Å². The highest BCUT2D eigenvalue weighted by Crippen LogP contribution is 2.41. The molecule has 2 aliphatic carbocycles. The molecule has 10 heteroatoms. The summed E-state index contributed by atoms with van der Waals surface area (Å²) in [5, 5.41) is 6.92. The highest BCUT2D eigenvalue weighted by Gasteiger charge is 2.44. The van der Waals surface area contributed by atoms with Crippen molar-refractivity contribution in [2.75, 3.05) is 18.4 Å². The summed E-state index contributed by atoms with van der Waals surface area (Å²) in [6.45, 7) is 1.46. The Morgan fingerprint density at radius 2 is 1.68 bits per heavy atom. The summed E-state index contributed by atoms with van der Waals surface area (Å²) in [6.07, 6.45) is 5.43. The van der Waals surface area contributed by atoms with Gasteiger partial charge in [0.15, 0.2) is 0 Å². The van der Waals surface area contributed by atoms with Gasteiger partial charge in [0, 0.05) is 37.8 Å². The van der Waals surface area contributed by atoms with Gasteiger partial charge in [-0.3, -0.25) is 14.4 Å². The van der Waals surface area contributed by atoms with E-state index in [1.165, 1.54) is 10.9 Å². The third-order valence-corrected chi connectivity index (χ3v) is 6.93. The van der Waals surface area contributed by atoms with E-state index in [0.717, 1.165) is 32.4 Å². The van der Waals surface area contributed by atoms with E-state index in [1.807, 2.05) is 4.90 Å². The Kier molecular flexibility index (Phi) is 5.98. The summed E-state index contributed by atoms with van der Waals surface area (Å²) in [7, 11) is 0. The first kappa shape index (κ1) is 21.7. The number of amides is 3. The number of primary amides is 1. The number of halogens is 2. The second kappa shape index (κ2) is 8.55. The molecule has 3 N–H and O–H groups in total. The zero-order valence-electron chi connectivity index (χ0n) is 17.5. The minimum absolute atomic E-state index is 0.0178. The number of hydrogen-bond acceptors (Lipinski definition) is 4. The number of likely N-dealkylation sites (tertiary alicyclic amines) is 1. The van der Waals surface area contributed by atoms with Crippen molar-refractivity contribution in [3.05, 3.63) is 11.8 Å². The van der Waals surface area contributed by atoms with Crippen LogP contribution in [0.25, 0.3) is 0 Å². The fourth-order valence-corrected chi connectivity index (χ4v) is 4.88. The van der Waals surface area contributed by atoms with Gasteiger partial charge in [0.05, 0.1) is 12.2 Å². The number of carbonyl (C=O) groups excluding carboxylic acids is 3. The Morgan fingerprint density at radius 3 is 2.26 bits per heavy atom. The maximum atomic E-state index is 13.6. The normalized spacial score (nSPS) is 26.2. The second-order valence-corrected chi connectivity index (χ2v) is 8.97. The molecule has 8 nitrogen and oxygen atoms in total. The van der Waals surface area contributed by atoms with Gasteiger partial charge in [-0.25, -0.2) is 13.5 Å². The lowest BCUT2D eigenvalue weighted by Crippen LogP contribution is -2.49. The highest BCUT2D eigenvalue weighted by atomic mass is 19.3. The Bertz CT molecular complexity index is 855. The monoisotopic (exact) mass is 437 g/mol. The molecule has 0 aromatic carbocycles. The lowest BCUT2D eigenvalue weighted by molar-refractivity contribution is -0.146. The SMILES string of the molecule is NC(=O)c1cnn(C2CCC(F)(F)CC2)c1NC(=O)C1CC[C@H]1C(=O)N1CCCCC1. The minimum atomic E-state index is -2.70. The van der Waals surface area contributed by atoms with E-state index in [9.17, 15) is 23.2 Å². The van der Waals surface area contributed by atoms with Gasteiger partial charge >= 0.3 is 0 Å². The molecular formula is C21H29F2N5O3.